The molecular formula is C19H19F3N2O3. The lowest BCUT2D eigenvalue weighted by Crippen LogP contribution is -2.44. The number of amides is 2. The molecular weight excluding hydrogens is 361 g/mol. The van der Waals surface area contributed by atoms with E-state index in [0.29, 0.717) is 12.1 Å². The number of carbonyl (C=O) groups is 3. The molecule has 1 unspecified atom stereocenters. The lowest BCUT2D eigenvalue weighted by molar-refractivity contribution is -0.137. The van der Waals surface area contributed by atoms with Gasteiger partial charge < -0.3 is 10.6 Å². The molecule has 1 aromatic carbocycles. The number of carbonyl (C=O) groups excluding carboxylic acids is 3. The molecule has 0 aromatic heterocycles. The molecule has 1 heterocycles. The third-order valence-corrected chi connectivity index (χ3v) is 4.76. The van der Waals surface area contributed by atoms with Crippen LogP contribution in [0.25, 0.3) is 0 Å². The zero-order valence-corrected chi connectivity index (χ0v) is 14.9. The molecule has 5 nitrogen and oxygen atoms in total. The zero-order chi connectivity index (χ0) is 20.0. The third kappa shape index (κ3) is 3.89. The van der Waals surface area contributed by atoms with Crippen molar-refractivity contribution in [1.29, 1.82) is 0 Å². The number of alkyl halides is 3. The summed E-state index contributed by atoms with van der Waals surface area (Å²) in [7, 11) is 0. The van der Waals surface area contributed by atoms with Crippen molar-refractivity contribution in [3.63, 3.8) is 0 Å². The van der Waals surface area contributed by atoms with Crippen LogP contribution in [0.5, 0.6) is 0 Å². The third-order valence-electron chi connectivity index (χ3n) is 4.76. The standard InChI is InChI=1S/C19H19F3N2O3/c1-18(2)8-13-16(14(25)9-18)10(7-15(26)23-13)17(27)24-12-6-4-3-5-11(12)19(20,21)22/h3-6,10H,7-9H2,1-2H3,(H,23,26)(H,24,27). The number of hydrogen-bond acceptors (Lipinski definition) is 3. The molecule has 0 saturated heterocycles. The van der Waals surface area contributed by atoms with Gasteiger partial charge in [-0.25, -0.2) is 0 Å². The first-order valence-corrected chi connectivity index (χ1v) is 8.51. The highest BCUT2D eigenvalue weighted by Crippen LogP contribution is 2.41. The van der Waals surface area contributed by atoms with Gasteiger partial charge in [-0.1, -0.05) is 26.0 Å². The van der Waals surface area contributed by atoms with Crippen LogP contribution in [-0.4, -0.2) is 17.6 Å². The molecule has 8 heteroatoms. The van der Waals surface area contributed by atoms with Crippen LogP contribution < -0.4 is 10.6 Å². The quantitative estimate of drug-likeness (QED) is 0.826. The summed E-state index contributed by atoms with van der Waals surface area (Å²) in [4.78, 5) is 37.3. The normalized spacial score (nSPS) is 22.2. The topological polar surface area (TPSA) is 75.3 Å². The maximum atomic E-state index is 13.1. The molecule has 0 radical (unpaired) electrons. The van der Waals surface area contributed by atoms with E-state index in [0.717, 1.165) is 12.1 Å². The van der Waals surface area contributed by atoms with Crippen LogP contribution in [0.15, 0.2) is 35.5 Å². The first kappa shape index (κ1) is 19.1. The summed E-state index contributed by atoms with van der Waals surface area (Å²) < 4.78 is 39.4. The number of anilines is 1. The molecule has 1 aromatic rings. The predicted molar refractivity (Wildman–Crippen MR) is 91.4 cm³/mol. The minimum absolute atomic E-state index is 0.205. The molecule has 144 valence electrons. The van der Waals surface area contributed by atoms with E-state index in [2.05, 4.69) is 10.6 Å². The van der Waals surface area contributed by atoms with Crippen molar-refractivity contribution in [3.8, 4) is 0 Å². The molecule has 0 saturated carbocycles. The summed E-state index contributed by atoms with van der Waals surface area (Å²) in [6, 6.07) is 4.60. The second-order valence-corrected chi connectivity index (χ2v) is 7.67. The SMILES string of the molecule is CC1(C)CC(=O)C2=C(C1)NC(=O)CC2C(=O)Nc1ccccc1C(F)(F)F. The van der Waals surface area contributed by atoms with E-state index < -0.39 is 35.2 Å². The Morgan fingerprint density at radius 2 is 1.85 bits per heavy atom. The van der Waals surface area contributed by atoms with Gasteiger partial charge in [0, 0.05) is 24.1 Å². The van der Waals surface area contributed by atoms with Crippen LogP contribution in [0.3, 0.4) is 0 Å². The summed E-state index contributed by atoms with van der Waals surface area (Å²) >= 11 is 0. The Balaban J connectivity index is 1.93. The van der Waals surface area contributed by atoms with Gasteiger partial charge in [-0.2, -0.15) is 13.2 Å². The fourth-order valence-electron chi connectivity index (χ4n) is 3.64. The van der Waals surface area contributed by atoms with E-state index in [1.54, 1.807) is 0 Å². The molecule has 1 aliphatic heterocycles. The number of nitrogens with one attached hydrogen (secondary N) is 2. The highest BCUT2D eigenvalue weighted by molar-refractivity contribution is 6.09. The minimum Gasteiger partial charge on any atom is -0.329 e. The van der Waals surface area contributed by atoms with E-state index in [4.69, 9.17) is 0 Å². The number of benzene rings is 1. The zero-order valence-electron chi connectivity index (χ0n) is 14.9. The Morgan fingerprint density at radius 3 is 2.52 bits per heavy atom. The number of hydrogen-bond donors (Lipinski definition) is 2. The van der Waals surface area contributed by atoms with Crippen LogP contribution in [-0.2, 0) is 20.6 Å². The molecule has 0 spiro atoms. The van der Waals surface area contributed by atoms with E-state index in [1.807, 2.05) is 13.8 Å². The first-order valence-electron chi connectivity index (χ1n) is 8.51. The molecule has 27 heavy (non-hydrogen) atoms. The van der Waals surface area contributed by atoms with Gasteiger partial charge in [0.05, 0.1) is 17.2 Å². The van der Waals surface area contributed by atoms with E-state index in [9.17, 15) is 27.6 Å². The fraction of sp³-hybridized carbons (Fsp3) is 0.421. The molecule has 3 rings (SSSR count). The number of Topliss-reactive ketones (excluding diaryl/α,β-unsaturated/α-hetero) is 1. The maximum Gasteiger partial charge on any atom is 0.418 e. The second kappa shape index (κ2) is 6.51. The summed E-state index contributed by atoms with van der Waals surface area (Å²) in [6.07, 6.45) is -4.28. The number of ketones is 1. The largest absolute Gasteiger partial charge is 0.418 e. The monoisotopic (exact) mass is 380 g/mol. The fourth-order valence-corrected chi connectivity index (χ4v) is 3.64. The number of para-hydroxylation sites is 1. The molecule has 2 aliphatic rings. The summed E-state index contributed by atoms with van der Waals surface area (Å²) in [6.45, 7) is 3.76. The molecule has 2 amide bonds. The van der Waals surface area contributed by atoms with Gasteiger partial charge in [-0.15, -0.1) is 0 Å². The molecule has 0 fully saturated rings. The lowest BCUT2D eigenvalue weighted by Gasteiger charge is -2.37. The van der Waals surface area contributed by atoms with Gasteiger partial charge >= 0.3 is 6.18 Å². The maximum absolute atomic E-state index is 13.1. The van der Waals surface area contributed by atoms with E-state index in [-0.39, 0.29) is 29.6 Å². The Morgan fingerprint density at radius 1 is 1.19 bits per heavy atom. The van der Waals surface area contributed by atoms with Crippen LogP contribution >= 0.6 is 0 Å². The van der Waals surface area contributed by atoms with Crippen molar-refractivity contribution >= 4 is 23.3 Å². The average molecular weight is 380 g/mol. The van der Waals surface area contributed by atoms with E-state index >= 15 is 0 Å². The number of halogens is 3. The molecule has 1 aliphatic carbocycles. The highest BCUT2D eigenvalue weighted by Gasteiger charge is 2.43. The van der Waals surface area contributed by atoms with Gasteiger partial charge in [-0.3, -0.25) is 14.4 Å². The van der Waals surface area contributed by atoms with Crippen molar-refractivity contribution in [3.05, 3.63) is 41.1 Å². The van der Waals surface area contributed by atoms with Crippen LogP contribution in [0.4, 0.5) is 18.9 Å². The van der Waals surface area contributed by atoms with Crippen LogP contribution in [0, 0.1) is 11.3 Å². The van der Waals surface area contributed by atoms with Crippen LogP contribution in [0.1, 0.15) is 38.7 Å². The predicted octanol–water partition coefficient (Wildman–Crippen LogP) is 3.42. The molecule has 1 atom stereocenters. The van der Waals surface area contributed by atoms with Crippen molar-refractivity contribution in [2.75, 3.05) is 5.32 Å². The van der Waals surface area contributed by atoms with Crippen LogP contribution in [0.2, 0.25) is 0 Å². The lowest BCUT2D eigenvalue weighted by atomic mass is 9.71. The molecule has 0 bridgehead atoms. The smallest absolute Gasteiger partial charge is 0.329 e. The Bertz CT molecular complexity index is 856. The average Bonchev–Trinajstić information content (AvgIpc) is 2.51. The Labute approximate surface area is 154 Å². The Hall–Kier alpha value is -2.64. The first-order chi connectivity index (χ1) is 12.5. The minimum atomic E-state index is -4.64. The van der Waals surface area contributed by atoms with Crippen molar-refractivity contribution in [2.45, 2.75) is 39.3 Å². The summed E-state index contributed by atoms with van der Waals surface area (Å²) in [5.74, 6) is -2.57. The summed E-state index contributed by atoms with van der Waals surface area (Å²) in [5, 5.41) is 4.90. The summed E-state index contributed by atoms with van der Waals surface area (Å²) in [5.41, 5.74) is -1.13. The van der Waals surface area contributed by atoms with Gasteiger partial charge in [0.2, 0.25) is 11.8 Å². The van der Waals surface area contributed by atoms with Gasteiger partial charge in [-0.05, 0) is 24.0 Å². The van der Waals surface area contributed by atoms with E-state index in [1.165, 1.54) is 12.1 Å². The van der Waals surface area contributed by atoms with Crippen molar-refractivity contribution in [2.24, 2.45) is 11.3 Å². The van der Waals surface area contributed by atoms with Crippen molar-refractivity contribution in [1.82, 2.24) is 5.32 Å². The number of allylic oxidation sites excluding steroid dienone is 1. The van der Waals surface area contributed by atoms with Crippen molar-refractivity contribution < 1.29 is 27.6 Å². The Kier molecular flexibility index (Phi) is 4.61. The second-order valence-electron chi connectivity index (χ2n) is 7.67. The molecule has 2 N–H and O–H groups in total. The van der Waals surface area contributed by atoms with Gasteiger partial charge in [0.1, 0.15) is 0 Å². The number of rotatable bonds is 2. The van der Waals surface area contributed by atoms with Gasteiger partial charge in [0.25, 0.3) is 0 Å². The van der Waals surface area contributed by atoms with Gasteiger partial charge in [0.15, 0.2) is 5.78 Å². The highest BCUT2D eigenvalue weighted by atomic mass is 19.4.